The summed E-state index contributed by atoms with van der Waals surface area (Å²) in [6, 6.07) is 31.3. The summed E-state index contributed by atoms with van der Waals surface area (Å²) < 4.78 is 0. The molecule has 0 heteroatoms. The molecule has 0 heterocycles. The average molecular weight is 619 g/mol. The molecule has 0 radical (unpaired) electrons. The van der Waals surface area contributed by atoms with Crippen LogP contribution in [0.2, 0.25) is 0 Å². The van der Waals surface area contributed by atoms with Crippen molar-refractivity contribution in [2.75, 3.05) is 0 Å². The number of hydrogen-bond acceptors (Lipinski definition) is 0. The van der Waals surface area contributed by atoms with Crippen molar-refractivity contribution in [3.63, 3.8) is 0 Å². The maximum absolute atomic E-state index is 4.18. The summed E-state index contributed by atoms with van der Waals surface area (Å²) in [6.07, 6.45) is 20.6. The highest BCUT2D eigenvalue weighted by Crippen LogP contribution is 2.50. The number of rotatable bonds is 5. The zero-order chi connectivity index (χ0) is 33.1. The van der Waals surface area contributed by atoms with E-state index in [2.05, 4.69) is 154 Å². The zero-order valence-corrected chi connectivity index (χ0v) is 28.5. The Morgan fingerprint density at radius 1 is 0.766 bits per heavy atom. The SMILES string of the molecule is C.C=C.C=Cc1cc(C2=C3C=CC=CC3CC3C=CC=C2C3Cc2cccc3ccccc23)c(-c2ccccc2)cc1C.CC.CC. The molecule has 0 N–H and O–H groups in total. The molecule has 0 spiro atoms. The molecule has 2 bridgehead atoms. The Hall–Kier alpha value is -4.68. The minimum absolute atomic E-state index is 0. The second-order valence-corrected chi connectivity index (χ2v) is 11.4. The molecule has 3 aliphatic rings. The van der Waals surface area contributed by atoms with E-state index in [0.29, 0.717) is 17.8 Å². The molecule has 0 aromatic heterocycles. The third-order valence-electron chi connectivity index (χ3n) is 9.08. The lowest BCUT2D eigenvalue weighted by molar-refractivity contribution is 0.409. The second-order valence-electron chi connectivity index (χ2n) is 11.4. The monoisotopic (exact) mass is 618 g/mol. The van der Waals surface area contributed by atoms with Crippen LogP contribution in [0.25, 0.3) is 33.5 Å². The van der Waals surface area contributed by atoms with Crippen molar-refractivity contribution in [2.45, 2.75) is 54.9 Å². The molecule has 3 unspecified atom stereocenters. The highest BCUT2D eigenvalue weighted by molar-refractivity contribution is 5.94. The normalized spacial score (nSPS) is 18.4. The molecule has 7 rings (SSSR count). The van der Waals surface area contributed by atoms with Crippen LogP contribution in [0.4, 0.5) is 0 Å². The van der Waals surface area contributed by atoms with Gasteiger partial charge >= 0.3 is 0 Å². The first-order valence-electron chi connectivity index (χ1n) is 17.0. The quantitative estimate of drug-likeness (QED) is 0.195. The van der Waals surface area contributed by atoms with Gasteiger partial charge in [-0.25, -0.2) is 0 Å². The smallest absolute Gasteiger partial charge is 0.00331 e. The molecule has 0 amide bonds. The molecule has 47 heavy (non-hydrogen) atoms. The van der Waals surface area contributed by atoms with Crippen LogP contribution in [-0.2, 0) is 6.42 Å². The summed E-state index contributed by atoms with van der Waals surface area (Å²) in [4.78, 5) is 0. The lowest BCUT2D eigenvalue weighted by Crippen LogP contribution is -2.21. The first-order valence-corrected chi connectivity index (χ1v) is 17.0. The summed E-state index contributed by atoms with van der Waals surface area (Å²) in [6.45, 7) is 20.4. The van der Waals surface area contributed by atoms with Gasteiger partial charge in [-0.15, -0.1) is 13.2 Å². The molecular formula is C47H54. The van der Waals surface area contributed by atoms with Crippen molar-refractivity contribution < 1.29 is 0 Å². The van der Waals surface area contributed by atoms with E-state index in [0.717, 1.165) is 12.8 Å². The summed E-state index contributed by atoms with van der Waals surface area (Å²) in [5.41, 5.74) is 12.1. The van der Waals surface area contributed by atoms with Crippen LogP contribution < -0.4 is 0 Å². The maximum atomic E-state index is 4.18. The molecule has 3 atom stereocenters. The van der Waals surface area contributed by atoms with Gasteiger partial charge in [-0.05, 0) is 98.5 Å². The first-order chi connectivity index (χ1) is 22.7. The van der Waals surface area contributed by atoms with Gasteiger partial charge < -0.3 is 0 Å². The molecule has 3 aliphatic carbocycles. The van der Waals surface area contributed by atoms with Crippen LogP contribution in [-0.4, -0.2) is 0 Å². The van der Waals surface area contributed by atoms with Gasteiger partial charge in [0.25, 0.3) is 0 Å². The fourth-order valence-electron chi connectivity index (χ4n) is 7.11. The van der Waals surface area contributed by atoms with Gasteiger partial charge in [-0.1, -0.05) is 169 Å². The van der Waals surface area contributed by atoms with Crippen molar-refractivity contribution in [2.24, 2.45) is 17.8 Å². The summed E-state index contributed by atoms with van der Waals surface area (Å²) in [5, 5.41) is 2.69. The van der Waals surface area contributed by atoms with Crippen molar-refractivity contribution in [1.29, 1.82) is 0 Å². The third kappa shape index (κ3) is 7.66. The fourth-order valence-corrected chi connectivity index (χ4v) is 7.11. The van der Waals surface area contributed by atoms with Crippen LogP contribution in [0.3, 0.4) is 0 Å². The second kappa shape index (κ2) is 17.9. The van der Waals surface area contributed by atoms with Crippen LogP contribution >= 0.6 is 0 Å². The summed E-state index contributed by atoms with van der Waals surface area (Å²) >= 11 is 0. The molecule has 0 saturated heterocycles. The Labute approximate surface area is 286 Å². The Bertz CT molecular complexity index is 1780. The lowest BCUT2D eigenvalue weighted by atomic mass is 9.73. The van der Waals surface area contributed by atoms with E-state index in [1.54, 1.807) is 0 Å². The van der Waals surface area contributed by atoms with Crippen LogP contribution in [0.15, 0.2) is 158 Å². The van der Waals surface area contributed by atoms with Crippen molar-refractivity contribution in [3.05, 3.63) is 181 Å². The number of hydrogen-bond donors (Lipinski definition) is 0. The number of allylic oxidation sites excluding steroid dienone is 10. The number of fused-ring (bicyclic) bond motifs is 4. The van der Waals surface area contributed by atoms with Crippen molar-refractivity contribution in [3.8, 4) is 11.1 Å². The Morgan fingerprint density at radius 3 is 2.21 bits per heavy atom. The van der Waals surface area contributed by atoms with Crippen LogP contribution in [0, 0.1) is 24.7 Å². The molecule has 0 aliphatic heterocycles. The molecule has 242 valence electrons. The average Bonchev–Trinajstić information content (AvgIpc) is 3.19. The predicted molar refractivity (Wildman–Crippen MR) is 213 cm³/mol. The molecule has 4 aromatic carbocycles. The van der Waals surface area contributed by atoms with Crippen molar-refractivity contribution in [1.82, 2.24) is 0 Å². The summed E-state index contributed by atoms with van der Waals surface area (Å²) in [7, 11) is 0. The van der Waals surface area contributed by atoms with E-state index in [9.17, 15) is 0 Å². The lowest BCUT2D eigenvalue weighted by Gasteiger charge is -2.31. The van der Waals surface area contributed by atoms with Gasteiger partial charge in [-0.2, -0.15) is 0 Å². The molecular weight excluding hydrogens is 565 g/mol. The van der Waals surface area contributed by atoms with E-state index in [1.807, 2.05) is 33.8 Å². The van der Waals surface area contributed by atoms with Gasteiger partial charge in [0.05, 0.1) is 0 Å². The van der Waals surface area contributed by atoms with Crippen LogP contribution in [0.1, 0.15) is 63.8 Å². The highest BCUT2D eigenvalue weighted by atomic mass is 14.4. The zero-order valence-electron chi connectivity index (χ0n) is 28.5. The highest BCUT2D eigenvalue weighted by Gasteiger charge is 2.36. The van der Waals surface area contributed by atoms with E-state index in [-0.39, 0.29) is 7.43 Å². The summed E-state index contributed by atoms with van der Waals surface area (Å²) in [5.74, 6) is 1.28. The molecule has 0 saturated carbocycles. The number of benzene rings is 4. The molecule has 4 aromatic rings. The van der Waals surface area contributed by atoms with Gasteiger partial charge in [0.1, 0.15) is 0 Å². The van der Waals surface area contributed by atoms with Crippen molar-refractivity contribution >= 4 is 22.4 Å². The largest absolute Gasteiger partial charge is 0.106 e. The Kier molecular flexibility index (Phi) is 14.0. The van der Waals surface area contributed by atoms with E-state index < -0.39 is 0 Å². The minimum atomic E-state index is 0. The Morgan fingerprint density at radius 2 is 1.47 bits per heavy atom. The van der Waals surface area contributed by atoms with Gasteiger partial charge in [0.15, 0.2) is 0 Å². The first kappa shape index (κ1) is 36.8. The predicted octanol–water partition coefficient (Wildman–Crippen LogP) is 13.8. The topological polar surface area (TPSA) is 0 Å². The van der Waals surface area contributed by atoms with E-state index >= 15 is 0 Å². The van der Waals surface area contributed by atoms with E-state index in [1.165, 1.54) is 60.9 Å². The van der Waals surface area contributed by atoms with Gasteiger partial charge in [0, 0.05) is 5.92 Å². The molecule has 0 nitrogen and oxygen atoms in total. The fraction of sp³-hybridized carbons (Fsp3) is 0.234. The van der Waals surface area contributed by atoms with Crippen LogP contribution in [0.5, 0.6) is 0 Å². The molecule has 0 fully saturated rings. The minimum Gasteiger partial charge on any atom is -0.106 e. The van der Waals surface area contributed by atoms with Gasteiger partial charge in [-0.3, -0.25) is 0 Å². The number of aryl methyl sites for hydroxylation is 1. The Balaban J connectivity index is 0.000000813. The van der Waals surface area contributed by atoms with E-state index in [4.69, 9.17) is 0 Å². The maximum Gasteiger partial charge on any atom is 0.00331 e. The van der Waals surface area contributed by atoms with Gasteiger partial charge in [0.2, 0.25) is 0 Å². The standard InChI is InChI=1S/C40H34.2C2H6.C2H4.CH4/c1-3-28-25-39(37(23-27(28)2)30-13-5-4-6-14-30)40-35-21-10-8-16-31(35)24-32-19-12-22-36(40)38(32)26-33-18-11-17-29-15-7-9-20-34(29)33;3*1-2;/h3-23,25,31-32,38H,1,24,26H2,2H3;2*1-2H3;1-2H2;1H4. The third-order valence-corrected chi connectivity index (χ3v) is 9.08.